The number of hydrogen-bond acceptors (Lipinski definition) is 3. The summed E-state index contributed by atoms with van der Waals surface area (Å²) in [7, 11) is 0. The minimum absolute atomic E-state index is 0.179. The van der Waals surface area contributed by atoms with Crippen LogP contribution in [0.4, 0.5) is 4.79 Å². The van der Waals surface area contributed by atoms with Crippen LogP contribution in [0.5, 0.6) is 0 Å². The first-order valence-electron chi connectivity index (χ1n) is 5.56. The number of carbonyl (C=O) groups excluding carboxylic acids is 1. The molecule has 88 valence electrons. The average molecular weight is 226 g/mol. The molecule has 0 bridgehead atoms. The van der Waals surface area contributed by atoms with E-state index in [-0.39, 0.29) is 11.9 Å². The van der Waals surface area contributed by atoms with E-state index in [1.165, 1.54) is 4.90 Å². The van der Waals surface area contributed by atoms with Gasteiger partial charge in [-0.2, -0.15) is 0 Å². The molecule has 6 heteroatoms. The van der Waals surface area contributed by atoms with Gasteiger partial charge in [0.2, 0.25) is 0 Å². The predicted molar refractivity (Wildman–Crippen MR) is 52.7 cm³/mol. The number of piperidine rings is 1. The third-order valence-electron chi connectivity index (χ3n) is 3.99. The van der Waals surface area contributed by atoms with Crippen LogP contribution in [0.2, 0.25) is 0 Å². The number of nitrogens with zero attached hydrogens (tertiary/aromatic N) is 2. The molecule has 4 atom stereocenters. The standard InChI is InChI=1S/C10H14N2O4/c13-7-1-2-12(9(7)14)8-5-3-11(10(15)16)4-6(5)8/h5-8,13H,1-4H2,(H,15,16)/t5-,6+,7-,8+/m1/s1. The van der Waals surface area contributed by atoms with E-state index in [1.807, 2.05) is 0 Å². The summed E-state index contributed by atoms with van der Waals surface area (Å²) >= 11 is 0. The fraction of sp³-hybridized carbons (Fsp3) is 0.800. The smallest absolute Gasteiger partial charge is 0.407 e. The maximum atomic E-state index is 11.6. The molecular weight excluding hydrogens is 212 g/mol. The Morgan fingerprint density at radius 2 is 1.94 bits per heavy atom. The van der Waals surface area contributed by atoms with Gasteiger partial charge in [0.05, 0.1) is 0 Å². The van der Waals surface area contributed by atoms with Crippen LogP contribution >= 0.6 is 0 Å². The van der Waals surface area contributed by atoms with Crippen molar-refractivity contribution in [3.8, 4) is 0 Å². The predicted octanol–water partition coefficient (Wildman–Crippen LogP) is -0.812. The van der Waals surface area contributed by atoms with E-state index in [1.54, 1.807) is 4.90 Å². The quantitative estimate of drug-likeness (QED) is 0.612. The highest BCUT2D eigenvalue weighted by Crippen LogP contribution is 2.49. The van der Waals surface area contributed by atoms with Crippen LogP contribution in [0.1, 0.15) is 6.42 Å². The van der Waals surface area contributed by atoms with E-state index in [9.17, 15) is 14.7 Å². The summed E-state index contributed by atoms with van der Waals surface area (Å²) in [6.07, 6.45) is -1.20. The minimum atomic E-state index is -0.876. The Morgan fingerprint density at radius 3 is 2.38 bits per heavy atom. The Kier molecular flexibility index (Phi) is 1.92. The molecule has 0 spiro atoms. The van der Waals surface area contributed by atoms with Crippen molar-refractivity contribution in [3.05, 3.63) is 0 Å². The van der Waals surface area contributed by atoms with Crippen LogP contribution < -0.4 is 0 Å². The molecular formula is C10H14N2O4. The van der Waals surface area contributed by atoms with Crippen molar-refractivity contribution in [1.82, 2.24) is 9.80 Å². The highest BCUT2D eigenvalue weighted by molar-refractivity contribution is 5.83. The van der Waals surface area contributed by atoms with Crippen molar-refractivity contribution >= 4 is 12.0 Å². The number of carbonyl (C=O) groups is 2. The van der Waals surface area contributed by atoms with E-state index < -0.39 is 12.2 Å². The van der Waals surface area contributed by atoms with Gasteiger partial charge >= 0.3 is 6.09 Å². The monoisotopic (exact) mass is 226 g/mol. The first-order valence-corrected chi connectivity index (χ1v) is 5.56. The molecule has 2 aliphatic heterocycles. The highest BCUT2D eigenvalue weighted by Gasteiger charge is 2.61. The van der Waals surface area contributed by atoms with Crippen molar-refractivity contribution in [3.63, 3.8) is 0 Å². The summed E-state index contributed by atoms with van der Waals surface area (Å²) in [5.74, 6) is 0.414. The molecule has 0 aromatic carbocycles. The lowest BCUT2D eigenvalue weighted by atomic mass is 10.3. The molecule has 0 unspecified atom stereocenters. The fourth-order valence-electron chi connectivity index (χ4n) is 3.10. The third kappa shape index (κ3) is 1.22. The third-order valence-corrected chi connectivity index (χ3v) is 3.99. The molecule has 3 fully saturated rings. The van der Waals surface area contributed by atoms with Gasteiger partial charge in [0, 0.05) is 37.5 Å². The molecule has 2 N–H and O–H groups in total. The molecule has 0 radical (unpaired) electrons. The lowest BCUT2D eigenvalue weighted by molar-refractivity contribution is -0.135. The molecule has 1 aliphatic carbocycles. The number of fused-ring (bicyclic) bond motifs is 1. The normalized spacial score (nSPS) is 41.4. The molecule has 16 heavy (non-hydrogen) atoms. The number of likely N-dealkylation sites (tertiary alicyclic amines) is 2. The first kappa shape index (κ1) is 9.89. The van der Waals surface area contributed by atoms with E-state index in [2.05, 4.69) is 0 Å². The number of rotatable bonds is 1. The van der Waals surface area contributed by atoms with Crippen LogP contribution in [0.15, 0.2) is 0 Å². The number of carboxylic acid groups (broad SMARTS) is 1. The largest absolute Gasteiger partial charge is 0.465 e. The number of aliphatic hydroxyl groups excluding tert-OH is 1. The van der Waals surface area contributed by atoms with Gasteiger partial charge in [-0.05, 0) is 6.42 Å². The first-order chi connectivity index (χ1) is 7.59. The lowest BCUT2D eigenvalue weighted by Crippen LogP contribution is -2.38. The van der Waals surface area contributed by atoms with E-state index in [0.717, 1.165) is 0 Å². The maximum Gasteiger partial charge on any atom is 0.407 e. The van der Waals surface area contributed by atoms with Crippen molar-refractivity contribution in [2.24, 2.45) is 11.8 Å². The summed E-state index contributed by atoms with van der Waals surface area (Å²) in [6.45, 7) is 1.68. The SMILES string of the molecule is O=C(O)N1C[C@@H]2[C@H](C1)[C@H]2N1CC[C@@H](O)C1=O. The van der Waals surface area contributed by atoms with Gasteiger partial charge in [-0.15, -0.1) is 0 Å². The fourth-order valence-corrected chi connectivity index (χ4v) is 3.10. The zero-order valence-corrected chi connectivity index (χ0v) is 8.74. The second-order valence-corrected chi connectivity index (χ2v) is 4.84. The Balaban J connectivity index is 1.63. The lowest BCUT2D eigenvalue weighted by Gasteiger charge is -2.22. The van der Waals surface area contributed by atoms with Crippen LogP contribution in [0, 0.1) is 11.8 Å². The molecule has 6 nitrogen and oxygen atoms in total. The van der Waals surface area contributed by atoms with E-state index >= 15 is 0 Å². The van der Waals surface area contributed by atoms with Gasteiger partial charge in [-0.1, -0.05) is 0 Å². The molecule has 3 aliphatic rings. The van der Waals surface area contributed by atoms with Gasteiger partial charge in [0.1, 0.15) is 6.10 Å². The topological polar surface area (TPSA) is 81.1 Å². The molecule has 2 heterocycles. The molecule has 1 saturated carbocycles. The van der Waals surface area contributed by atoms with Gasteiger partial charge < -0.3 is 20.0 Å². The average Bonchev–Trinajstić information content (AvgIpc) is 2.61. The number of hydrogen-bond donors (Lipinski definition) is 2. The van der Waals surface area contributed by atoms with Crippen LogP contribution in [-0.4, -0.2) is 63.8 Å². The van der Waals surface area contributed by atoms with Crippen molar-refractivity contribution < 1.29 is 19.8 Å². The van der Waals surface area contributed by atoms with Gasteiger partial charge in [0.15, 0.2) is 0 Å². The van der Waals surface area contributed by atoms with E-state index in [0.29, 0.717) is 37.9 Å². The zero-order chi connectivity index (χ0) is 11.4. The van der Waals surface area contributed by atoms with Gasteiger partial charge in [-0.25, -0.2) is 4.79 Å². The van der Waals surface area contributed by atoms with E-state index in [4.69, 9.17) is 5.11 Å². The Morgan fingerprint density at radius 1 is 1.31 bits per heavy atom. The summed E-state index contributed by atoms with van der Waals surface area (Å²) in [5, 5.41) is 18.2. The number of aliphatic hydroxyl groups is 1. The van der Waals surface area contributed by atoms with Crippen molar-refractivity contribution in [2.45, 2.75) is 18.6 Å². The number of amides is 2. The Labute approximate surface area is 92.4 Å². The van der Waals surface area contributed by atoms with Crippen LogP contribution in [0.3, 0.4) is 0 Å². The summed E-state index contributed by atoms with van der Waals surface area (Å²) < 4.78 is 0. The second-order valence-electron chi connectivity index (χ2n) is 4.84. The Hall–Kier alpha value is -1.30. The summed E-state index contributed by atoms with van der Waals surface area (Å²) in [4.78, 5) is 25.4. The molecule has 0 aromatic rings. The second kappa shape index (κ2) is 3.10. The van der Waals surface area contributed by atoms with Crippen LogP contribution in [0.25, 0.3) is 0 Å². The molecule has 2 saturated heterocycles. The zero-order valence-electron chi connectivity index (χ0n) is 8.74. The van der Waals surface area contributed by atoms with Crippen LogP contribution in [-0.2, 0) is 4.79 Å². The minimum Gasteiger partial charge on any atom is -0.465 e. The van der Waals surface area contributed by atoms with Gasteiger partial charge in [0.25, 0.3) is 5.91 Å². The molecule has 3 rings (SSSR count). The summed E-state index contributed by atoms with van der Waals surface area (Å²) in [5.41, 5.74) is 0. The maximum absolute atomic E-state index is 11.6. The summed E-state index contributed by atoms with van der Waals surface area (Å²) in [6, 6.07) is 0.181. The van der Waals surface area contributed by atoms with Crippen molar-refractivity contribution in [2.75, 3.05) is 19.6 Å². The van der Waals surface area contributed by atoms with Crippen molar-refractivity contribution in [1.29, 1.82) is 0 Å². The molecule has 0 aromatic heterocycles. The highest BCUT2D eigenvalue weighted by atomic mass is 16.4. The molecule has 2 amide bonds. The van der Waals surface area contributed by atoms with Gasteiger partial charge in [-0.3, -0.25) is 4.79 Å². The Bertz CT molecular complexity index is 347.